The molecule has 1 aromatic carbocycles. The van der Waals surface area contributed by atoms with E-state index in [1.165, 1.54) is 5.19 Å². The first kappa shape index (κ1) is 17.2. The lowest BCUT2D eigenvalue weighted by molar-refractivity contribution is -0.133. The molecule has 0 saturated carbocycles. The summed E-state index contributed by atoms with van der Waals surface area (Å²) in [5, 5.41) is 4.53. The molecule has 0 radical (unpaired) electrons. The summed E-state index contributed by atoms with van der Waals surface area (Å²) >= 11 is 0. The van der Waals surface area contributed by atoms with Gasteiger partial charge in [0.25, 0.3) is 0 Å². The molecular formula is C18H29NOSi2. The Hall–Kier alpha value is -1.14. The quantitative estimate of drug-likeness (QED) is 0.649. The van der Waals surface area contributed by atoms with E-state index in [-0.39, 0.29) is 17.9 Å². The third-order valence-corrected chi connectivity index (χ3v) is 10.6. The summed E-state index contributed by atoms with van der Waals surface area (Å²) in [5.41, 5.74) is 2.79. The Bertz CT molecular complexity index is 560. The van der Waals surface area contributed by atoms with Crippen LogP contribution in [0.15, 0.2) is 42.1 Å². The topological polar surface area (TPSA) is 29.1 Å². The summed E-state index contributed by atoms with van der Waals surface area (Å²) < 4.78 is 0. The molecule has 0 bridgehead atoms. The third kappa shape index (κ3) is 3.60. The first-order chi connectivity index (χ1) is 10.1. The van der Waals surface area contributed by atoms with Gasteiger partial charge < -0.3 is 5.32 Å². The van der Waals surface area contributed by atoms with Crippen LogP contribution >= 0.6 is 0 Å². The van der Waals surface area contributed by atoms with E-state index < -0.39 is 16.1 Å². The number of β-lactam (4-membered cyclic amide) rings is 1. The highest BCUT2D eigenvalue weighted by molar-refractivity contribution is 6.91. The lowest BCUT2D eigenvalue weighted by Crippen LogP contribution is -2.63. The van der Waals surface area contributed by atoms with Crippen LogP contribution in [0.25, 0.3) is 0 Å². The Balaban J connectivity index is 2.18. The maximum Gasteiger partial charge on any atom is 0.225 e. The molecule has 1 fully saturated rings. The maximum atomic E-state index is 12.2. The molecule has 22 heavy (non-hydrogen) atoms. The Morgan fingerprint density at radius 1 is 1.09 bits per heavy atom. The molecule has 1 aliphatic heterocycles. The van der Waals surface area contributed by atoms with Crippen molar-refractivity contribution in [2.24, 2.45) is 5.92 Å². The van der Waals surface area contributed by atoms with Crippen molar-refractivity contribution in [2.45, 2.75) is 51.2 Å². The largest absolute Gasteiger partial charge is 0.349 e. The van der Waals surface area contributed by atoms with Crippen LogP contribution in [0.1, 0.15) is 6.92 Å². The molecule has 0 aromatic heterocycles. The van der Waals surface area contributed by atoms with E-state index in [1.54, 1.807) is 0 Å². The van der Waals surface area contributed by atoms with E-state index in [0.717, 1.165) is 0 Å². The summed E-state index contributed by atoms with van der Waals surface area (Å²) in [6, 6.07) is 11.0. The van der Waals surface area contributed by atoms with Crippen molar-refractivity contribution in [3.8, 4) is 0 Å². The van der Waals surface area contributed by atoms with Gasteiger partial charge in [0.1, 0.15) is 0 Å². The zero-order chi connectivity index (χ0) is 16.5. The van der Waals surface area contributed by atoms with E-state index >= 15 is 0 Å². The number of amides is 1. The second-order valence-corrected chi connectivity index (χ2v) is 18.2. The molecule has 120 valence electrons. The van der Waals surface area contributed by atoms with Gasteiger partial charge in [-0.2, -0.15) is 0 Å². The molecule has 0 spiro atoms. The molecule has 2 nitrogen and oxygen atoms in total. The van der Waals surface area contributed by atoms with E-state index in [4.69, 9.17) is 0 Å². The van der Waals surface area contributed by atoms with Gasteiger partial charge in [0, 0.05) is 0 Å². The second kappa shape index (κ2) is 6.16. The van der Waals surface area contributed by atoms with E-state index in [9.17, 15) is 4.79 Å². The number of benzene rings is 1. The molecule has 1 amide bonds. The highest BCUT2D eigenvalue weighted by Gasteiger charge is 2.47. The number of nitrogens with one attached hydrogen (secondary N) is 1. The van der Waals surface area contributed by atoms with E-state index in [0.29, 0.717) is 5.54 Å². The number of carbonyl (C=O) groups is 1. The van der Waals surface area contributed by atoms with Crippen LogP contribution in [0.4, 0.5) is 0 Å². The minimum atomic E-state index is -1.66. The van der Waals surface area contributed by atoms with Crippen LogP contribution in [-0.2, 0) is 4.79 Å². The van der Waals surface area contributed by atoms with Gasteiger partial charge in [-0.05, 0) is 5.54 Å². The van der Waals surface area contributed by atoms with Gasteiger partial charge in [-0.15, -0.1) is 0 Å². The van der Waals surface area contributed by atoms with Gasteiger partial charge in [0.2, 0.25) is 5.91 Å². The third-order valence-electron chi connectivity index (χ3n) is 5.00. The SMILES string of the molecule is C[C@@H]([C@H]1C(=O)N[C@H]1/C=C/[Si](C)(C)C)[Si](C)(C)c1ccccc1. The van der Waals surface area contributed by atoms with Crippen LogP contribution in [0.5, 0.6) is 0 Å². The maximum absolute atomic E-state index is 12.2. The Morgan fingerprint density at radius 3 is 2.18 bits per heavy atom. The predicted octanol–water partition coefficient (Wildman–Crippen LogP) is 3.54. The van der Waals surface area contributed by atoms with Crippen LogP contribution in [0, 0.1) is 5.92 Å². The summed E-state index contributed by atoms with van der Waals surface area (Å²) in [6.07, 6.45) is 2.25. The fraction of sp³-hybridized carbons (Fsp3) is 0.500. The minimum absolute atomic E-state index is 0.134. The predicted molar refractivity (Wildman–Crippen MR) is 101 cm³/mol. The lowest BCUT2D eigenvalue weighted by Gasteiger charge is -2.44. The molecule has 0 unspecified atom stereocenters. The molecule has 1 saturated heterocycles. The molecule has 3 atom stereocenters. The van der Waals surface area contributed by atoms with Crippen LogP contribution in [0.3, 0.4) is 0 Å². The molecule has 1 aromatic rings. The first-order valence-electron chi connectivity index (χ1n) is 8.18. The van der Waals surface area contributed by atoms with Crippen molar-refractivity contribution in [3.63, 3.8) is 0 Å². The summed E-state index contributed by atoms with van der Waals surface area (Å²) in [5.74, 6) is 0.365. The monoisotopic (exact) mass is 331 g/mol. The fourth-order valence-electron chi connectivity index (χ4n) is 3.09. The average Bonchev–Trinajstić information content (AvgIpc) is 2.43. The van der Waals surface area contributed by atoms with Crippen molar-refractivity contribution >= 4 is 27.2 Å². The van der Waals surface area contributed by atoms with Crippen molar-refractivity contribution in [3.05, 3.63) is 42.1 Å². The number of hydrogen-bond donors (Lipinski definition) is 1. The van der Waals surface area contributed by atoms with Crippen LogP contribution in [0.2, 0.25) is 38.3 Å². The normalized spacial score (nSPS) is 24.0. The van der Waals surface area contributed by atoms with Gasteiger partial charge in [0.15, 0.2) is 0 Å². The van der Waals surface area contributed by atoms with Gasteiger partial charge in [0.05, 0.1) is 28.1 Å². The van der Waals surface area contributed by atoms with Crippen molar-refractivity contribution in [1.82, 2.24) is 5.32 Å². The Labute approximate surface area is 137 Å². The lowest BCUT2D eigenvalue weighted by atomic mass is 9.88. The highest BCUT2D eigenvalue weighted by Crippen LogP contribution is 2.36. The molecule has 1 aliphatic rings. The first-order valence-corrected chi connectivity index (χ1v) is 14.8. The van der Waals surface area contributed by atoms with Crippen LogP contribution in [-0.4, -0.2) is 28.1 Å². The average molecular weight is 332 g/mol. The van der Waals surface area contributed by atoms with Crippen molar-refractivity contribution in [1.29, 1.82) is 0 Å². The molecule has 0 aliphatic carbocycles. The smallest absolute Gasteiger partial charge is 0.225 e. The number of carbonyl (C=O) groups excluding carboxylic acids is 1. The number of hydrogen-bond acceptors (Lipinski definition) is 1. The van der Waals surface area contributed by atoms with Gasteiger partial charge in [-0.3, -0.25) is 4.79 Å². The summed E-state index contributed by atoms with van der Waals surface area (Å²) in [4.78, 5) is 12.2. The molecule has 1 heterocycles. The highest BCUT2D eigenvalue weighted by atomic mass is 28.3. The Morgan fingerprint density at radius 2 is 1.68 bits per heavy atom. The molecule has 2 rings (SSSR count). The molecule has 1 N–H and O–H groups in total. The summed E-state index contributed by atoms with van der Waals surface area (Å²) in [6.45, 7) is 14.0. The van der Waals surface area contributed by atoms with Gasteiger partial charge >= 0.3 is 0 Å². The molecular weight excluding hydrogens is 302 g/mol. The minimum Gasteiger partial charge on any atom is -0.349 e. The van der Waals surface area contributed by atoms with E-state index in [1.807, 2.05) is 0 Å². The zero-order valence-electron chi connectivity index (χ0n) is 14.7. The zero-order valence-corrected chi connectivity index (χ0v) is 16.7. The van der Waals surface area contributed by atoms with Crippen molar-refractivity contribution < 1.29 is 4.79 Å². The number of rotatable bonds is 5. The molecule has 4 heteroatoms. The van der Waals surface area contributed by atoms with Crippen molar-refractivity contribution in [2.75, 3.05) is 0 Å². The summed E-state index contributed by atoms with van der Waals surface area (Å²) in [7, 11) is -2.88. The standard InChI is InChI=1S/C18H29NOSi2/c1-14(22(5,6)15-10-8-7-9-11-15)17-16(19-18(17)20)12-13-21(2,3)4/h7-14,16-17H,1-6H3,(H,19,20)/b13-12+/t14-,16-,17+/m0/s1. The fourth-order valence-corrected chi connectivity index (χ4v) is 6.71. The second-order valence-electron chi connectivity index (χ2n) is 8.16. The van der Waals surface area contributed by atoms with E-state index in [2.05, 4.69) is 87.1 Å². The van der Waals surface area contributed by atoms with Gasteiger partial charge in [-0.25, -0.2) is 0 Å². The Kier molecular flexibility index (Phi) is 4.82. The van der Waals surface area contributed by atoms with Crippen LogP contribution < -0.4 is 10.5 Å². The van der Waals surface area contributed by atoms with Gasteiger partial charge in [-0.1, -0.05) is 87.0 Å².